The van der Waals surface area contributed by atoms with E-state index < -0.39 is 5.97 Å². The number of aromatic nitrogens is 1. The van der Waals surface area contributed by atoms with Crippen molar-refractivity contribution in [2.45, 2.75) is 13.8 Å². The number of nitrogens with zero attached hydrogens (tertiary/aromatic N) is 1. The van der Waals surface area contributed by atoms with Gasteiger partial charge in [-0.3, -0.25) is 4.79 Å². The molecule has 1 amide bonds. The van der Waals surface area contributed by atoms with E-state index in [1.807, 2.05) is 55.5 Å². The van der Waals surface area contributed by atoms with Crippen LogP contribution in [0.15, 0.2) is 78.9 Å². The maximum absolute atomic E-state index is 13.2. The van der Waals surface area contributed by atoms with Gasteiger partial charge in [0, 0.05) is 16.6 Å². The van der Waals surface area contributed by atoms with Crippen LogP contribution in [0.2, 0.25) is 0 Å². The zero-order valence-corrected chi connectivity index (χ0v) is 18.5. The minimum atomic E-state index is -0.393. The first-order chi connectivity index (χ1) is 16.1. The van der Waals surface area contributed by atoms with Crippen LogP contribution in [0.4, 0.5) is 5.69 Å². The summed E-state index contributed by atoms with van der Waals surface area (Å²) in [5.74, 6) is 0.131. The van der Waals surface area contributed by atoms with Crippen LogP contribution in [-0.4, -0.2) is 30.1 Å². The molecular formula is C27H24N2O4. The van der Waals surface area contributed by atoms with Crippen LogP contribution >= 0.6 is 0 Å². The van der Waals surface area contributed by atoms with E-state index in [0.29, 0.717) is 35.7 Å². The number of benzene rings is 3. The normalized spacial score (nSPS) is 10.6. The summed E-state index contributed by atoms with van der Waals surface area (Å²) >= 11 is 0. The predicted octanol–water partition coefficient (Wildman–Crippen LogP) is 5.73. The molecule has 1 aromatic heterocycles. The Balaban J connectivity index is 1.65. The van der Waals surface area contributed by atoms with Crippen LogP contribution in [-0.2, 0) is 4.74 Å². The fourth-order valence-corrected chi connectivity index (χ4v) is 3.50. The fourth-order valence-electron chi connectivity index (χ4n) is 3.50. The van der Waals surface area contributed by atoms with E-state index in [4.69, 9.17) is 14.5 Å². The molecule has 0 saturated carbocycles. The van der Waals surface area contributed by atoms with Crippen molar-refractivity contribution in [2.24, 2.45) is 0 Å². The minimum Gasteiger partial charge on any atom is -0.494 e. The Morgan fingerprint density at radius 1 is 0.879 bits per heavy atom. The zero-order valence-electron chi connectivity index (χ0n) is 18.5. The van der Waals surface area contributed by atoms with Gasteiger partial charge in [-0.2, -0.15) is 0 Å². The number of hydrogen-bond acceptors (Lipinski definition) is 5. The van der Waals surface area contributed by atoms with Crippen molar-refractivity contribution in [3.8, 4) is 17.0 Å². The maximum atomic E-state index is 13.2. The third-order valence-corrected chi connectivity index (χ3v) is 5.08. The van der Waals surface area contributed by atoms with Gasteiger partial charge in [0.1, 0.15) is 5.75 Å². The molecule has 0 aliphatic heterocycles. The molecule has 0 fully saturated rings. The summed E-state index contributed by atoms with van der Waals surface area (Å²) < 4.78 is 10.5. The number of rotatable bonds is 7. The molecule has 0 bridgehead atoms. The van der Waals surface area contributed by atoms with Gasteiger partial charge in [-0.15, -0.1) is 0 Å². The van der Waals surface area contributed by atoms with Crippen molar-refractivity contribution in [1.82, 2.24) is 4.98 Å². The molecule has 6 nitrogen and oxygen atoms in total. The van der Waals surface area contributed by atoms with Crippen LogP contribution in [0, 0.1) is 0 Å². The molecule has 0 aliphatic carbocycles. The van der Waals surface area contributed by atoms with E-state index in [0.717, 1.165) is 22.2 Å². The van der Waals surface area contributed by atoms with Crippen LogP contribution in [0.3, 0.4) is 0 Å². The maximum Gasteiger partial charge on any atom is 0.338 e. The van der Waals surface area contributed by atoms with Crippen molar-refractivity contribution in [3.63, 3.8) is 0 Å². The smallest absolute Gasteiger partial charge is 0.338 e. The molecule has 4 rings (SSSR count). The molecule has 0 spiro atoms. The summed E-state index contributed by atoms with van der Waals surface area (Å²) in [5, 5.41) is 3.67. The Bertz CT molecular complexity index is 1280. The quantitative estimate of drug-likeness (QED) is 0.371. The number of ether oxygens (including phenoxy) is 2. The van der Waals surface area contributed by atoms with E-state index in [1.165, 1.54) is 0 Å². The van der Waals surface area contributed by atoms with Crippen molar-refractivity contribution >= 4 is 28.5 Å². The van der Waals surface area contributed by atoms with E-state index in [9.17, 15) is 9.59 Å². The highest BCUT2D eigenvalue weighted by Crippen LogP contribution is 2.27. The Hall–Kier alpha value is -4.19. The Labute approximate surface area is 192 Å². The second-order valence-electron chi connectivity index (χ2n) is 7.28. The molecule has 4 aromatic rings. The summed E-state index contributed by atoms with van der Waals surface area (Å²) in [7, 11) is 0. The fraction of sp³-hybridized carbons (Fsp3) is 0.148. The highest BCUT2D eigenvalue weighted by atomic mass is 16.5. The minimum absolute atomic E-state index is 0.260. The number of carbonyl (C=O) groups is 2. The summed E-state index contributed by atoms with van der Waals surface area (Å²) in [6, 6.07) is 23.6. The molecule has 166 valence electrons. The first-order valence-electron chi connectivity index (χ1n) is 10.8. The molecule has 3 aromatic carbocycles. The van der Waals surface area contributed by atoms with Crippen molar-refractivity contribution in [2.75, 3.05) is 18.5 Å². The number of hydrogen-bond donors (Lipinski definition) is 1. The number of amides is 1. The second kappa shape index (κ2) is 9.96. The number of pyridine rings is 1. The van der Waals surface area contributed by atoms with Gasteiger partial charge in [-0.1, -0.05) is 18.2 Å². The van der Waals surface area contributed by atoms with Crippen LogP contribution in [0.25, 0.3) is 22.2 Å². The zero-order chi connectivity index (χ0) is 23.2. The summed E-state index contributed by atoms with van der Waals surface area (Å²) in [5.41, 5.74) is 3.83. The van der Waals surface area contributed by atoms with Gasteiger partial charge >= 0.3 is 5.97 Å². The van der Waals surface area contributed by atoms with Crippen molar-refractivity contribution < 1.29 is 19.1 Å². The third-order valence-electron chi connectivity index (χ3n) is 5.08. The van der Waals surface area contributed by atoms with Crippen LogP contribution in [0.1, 0.15) is 34.6 Å². The summed E-state index contributed by atoms with van der Waals surface area (Å²) in [6.45, 7) is 4.60. The molecule has 0 saturated heterocycles. The SMILES string of the molecule is CCOC(=O)c1ccc(NC(=O)c2cc(-c3ccc(OCC)cc3)nc3ccccc23)cc1. The number of carbonyl (C=O) groups excluding carboxylic acids is 2. The van der Waals surface area contributed by atoms with E-state index in [-0.39, 0.29) is 5.91 Å². The number of para-hydroxylation sites is 1. The van der Waals surface area contributed by atoms with Gasteiger partial charge in [0.2, 0.25) is 0 Å². The van der Waals surface area contributed by atoms with Crippen LogP contribution < -0.4 is 10.1 Å². The lowest BCUT2D eigenvalue weighted by Crippen LogP contribution is -2.13. The predicted molar refractivity (Wildman–Crippen MR) is 129 cm³/mol. The van der Waals surface area contributed by atoms with E-state index >= 15 is 0 Å². The highest BCUT2D eigenvalue weighted by Gasteiger charge is 2.15. The standard InChI is InChI=1S/C27H24N2O4/c1-3-32-21-15-11-18(12-16-21)25-17-23(22-7-5-6-8-24(22)29-25)26(30)28-20-13-9-19(10-14-20)27(31)33-4-2/h5-17H,3-4H2,1-2H3,(H,28,30). The summed E-state index contributed by atoms with van der Waals surface area (Å²) in [4.78, 5) is 29.8. The summed E-state index contributed by atoms with van der Waals surface area (Å²) in [6.07, 6.45) is 0. The topological polar surface area (TPSA) is 77.5 Å². The van der Waals surface area contributed by atoms with Crippen molar-refractivity contribution in [3.05, 3.63) is 90.0 Å². The average molecular weight is 440 g/mol. The number of fused-ring (bicyclic) bond motifs is 1. The lowest BCUT2D eigenvalue weighted by molar-refractivity contribution is 0.0526. The second-order valence-corrected chi connectivity index (χ2v) is 7.28. The van der Waals surface area contributed by atoms with Gasteiger partial charge in [0.05, 0.1) is 35.6 Å². The molecule has 1 N–H and O–H groups in total. The van der Waals surface area contributed by atoms with Gasteiger partial charge < -0.3 is 14.8 Å². The Morgan fingerprint density at radius 2 is 1.61 bits per heavy atom. The lowest BCUT2D eigenvalue weighted by Gasteiger charge is -2.11. The molecule has 0 atom stereocenters. The number of anilines is 1. The van der Waals surface area contributed by atoms with E-state index in [1.54, 1.807) is 37.3 Å². The largest absolute Gasteiger partial charge is 0.494 e. The first-order valence-corrected chi connectivity index (χ1v) is 10.8. The third kappa shape index (κ3) is 5.01. The van der Waals surface area contributed by atoms with Gasteiger partial charge in [-0.05, 0) is 74.5 Å². The molecule has 33 heavy (non-hydrogen) atoms. The molecule has 1 heterocycles. The molecular weight excluding hydrogens is 416 g/mol. The van der Waals surface area contributed by atoms with Crippen molar-refractivity contribution in [1.29, 1.82) is 0 Å². The monoisotopic (exact) mass is 440 g/mol. The van der Waals surface area contributed by atoms with Gasteiger partial charge in [0.15, 0.2) is 0 Å². The molecule has 0 radical (unpaired) electrons. The molecule has 6 heteroatoms. The Morgan fingerprint density at radius 3 is 2.30 bits per heavy atom. The van der Waals surface area contributed by atoms with Gasteiger partial charge in [0.25, 0.3) is 5.91 Å². The molecule has 0 unspecified atom stereocenters. The van der Waals surface area contributed by atoms with Gasteiger partial charge in [-0.25, -0.2) is 9.78 Å². The lowest BCUT2D eigenvalue weighted by atomic mass is 10.0. The number of nitrogens with one attached hydrogen (secondary N) is 1. The van der Waals surface area contributed by atoms with Crippen LogP contribution in [0.5, 0.6) is 5.75 Å². The van der Waals surface area contributed by atoms with E-state index in [2.05, 4.69) is 5.32 Å². The number of esters is 1. The average Bonchev–Trinajstić information content (AvgIpc) is 2.84. The molecule has 0 aliphatic rings. The Kier molecular flexibility index (Phi) is 6.64. The first kappa shape index (κ1) is 22.0. The highest BCUT2D eigenvalue weighted by molar-refractivity contribution is 6.13.